The molecule has 1 saturated heterocycles. The molecule has 0 aromatic carbocycles. The van der Waals surface area contributed by atoms with Crippen LogP contribution in [0.4, 0.5) is 0 Å². The van der Waals surface area contributed by atoms with E-state index >= 15 is 0 Å². The lowest BCUT2D eigenvalue weighted by molar-refractivity contribution is -0.137. The molecular formula is C14H20O3. The van der Waals surface area contributed by atoms with Crippen molar-refractivity contribution in [2.24, 2.45) is 11.3 Å². The summed E-state index contributed by atoms with van der Waals surface area (Å²) in [5.41, 5.74) is 1.47. The Morgan fingerprint density at radius 2 is 2.41 bits per heavy atom. The zero-order chi connectivity index (χ0) is 12.0. The molecule has 0 unspecified atom stereocenters. The van der Waals surface area contributed by atoms with E-state index in [9.17, 15) is 4.79 Å². The zero-order valence-electron chi connectivity index (χ0n) is 10.6. The molecule has 2 aliphatic carbocycles. The third kappa shape index (κ3) is 1.71. The van der Waals surface area contributed by atoms with Gasteiger partial charge in [0.15, 0.2) is 0 Å². The Bertz CT molecular complexity index is 374. The van der Waals surface area contributed by atoms with Crippen molar-refractivity contribution >= 4 is 5.97 Å². The van der Waals surface area contributed by atoms with Gasteiger partial charge in [-0.05, 0) is 43.9 Å². The standard InChI is InChI=1S/C14H20O3/c1-3-16-12(15)8-9-4-5-10-13-11(17-13)6-7-14(9,10)2/h8,10-11,13H,3-7H2,1-2H3/b9-8+/t10-,11-,13+,14+/m0/s1. The molecule has 2 saturated carbocycles. The van der Waals surface area contributed by atoms with Gasteiger partial charge in [-0.2, -0.15) is 0 Å². The largest absolute Gasteiger partial charge is 0.463 e. The topological polar surface area (TPSA) is 38.8 Å². The molecule has 0 bridgehead atoms. The van der Waals surface area contributed by atoms with Crippen LogP contribution in [0.15, 0.2) is 11.6 Å². The highest BCUT2D eigenvalue weighted by atomic mass is 16.6. The van der Waals surface area contributed by atoms with Gasteiger partial charge in [-0.25, -0.2) is 4.79 Å². The minimum atomic E-state index is -0.178. The zero-order valence-corrected chi connectivity index (χ0v) is 10.6. The van der Waals surface area contributed by atoms with Gasteiger partial charge in [-0.1, -0.05) is 12.5 Å². The van der Waals surface area contributed by atoms with Gasteiger partial charge in [0.2, 0.25) is 0 Å². The fourth-order valence-corrected chi connectivity index (χ4v) is 3.77. The van der Waals surface area contributed by atoms with Crippen LogP contribution < -0.4 is 0 Å². The maximum Gasteiger partial charge on any atom is 0.330 e. The van der Waals surface area contributed by atoms with E-state index in [1.165, 1.54) is 12.0 Å². The summed E-state index contributed by atoms with van der Waals surface area (Å²) in [6.45, 7) is 4.60. The second-order valence-corrected chi connectivity index (χ2v) is 5.66. The summed E-state index contributed by atoms with van der Waals surface area (Å²) in [6.07, 6.45) is 7.25. The predicted molar refractivity (Wildman–Crippen MR) is 63.4 cm³/mol. The number of fused-ring (bicyclic) bond motifs is 3. The van der Waals surface area contributed by atoms with Gasteiger partial charge in [-0.3, -0.25) is 0 Å². The Kier molecular flexibility index (Phi) is 2.54. The van der Waals surface area contributed by atoms with E-state index in [0.29, 0.717) is 24.7 Å². The molecule has 0 aromatic rings. The van der Waals surface area contributed by atoms with Crippen molar-refractivity contribution in [2.75, 3.05) is 6.61 Å². The second-order valence-electron chi connectivity index (χ2n) is 5.66. The number of rotatable bonds is 2. The molecule has 0 amide bonds. The number of carbonyl (C=O) groups is 1. The first kappa shape index (κ1) is 11.3. The van der Waals surface area contributed by atoms with Crippen molar-refractivity contribution in [1.29, 1.82) is 0 Å². The third-order valence-electron chi connectivity index (χ3n) is 4.82. The molecule has 0 radical (unpaired) electrons. The van der Waals surface area contributed by atoms with Crippen LogP contribution in [0.5, 0.6) is 0 Å². The van der Waals surface area contributed by atoms with E-state index in [1.54, 1.807) is 6.08 Å². The van der Waals surface area contributed by atoms with E-state index in [0.717, 1.165) is 19.3 Å². The molecule has 3 heteroatoms. The van der Waals surface area contributed by atoms with Gasteiger partial charge >= 0.3 is 5.97 Å². The molecule has 0 aromatic heterocycles. The van der Waals surface area contributed by atoms with Crippen molar-refractivity contribution in [1.82, 2.24) is 0 Å². The predicted octanol–water partition coefficient (Wildman–Crippen LogP) is 2.45. The first-order chi connectivity index (χ1) is 8.15. The molecule has 3 rings (SSSR count). The lowest BCUT2D eigenvalue weighted by Gasteiger charge is -2.35. The average Bonchev–Trinajstić information content (AvgIpc) is 2.99. The van der Waals surface area contributed by atoms with Crippen LogP contribution in [0.25, 0.3) is 0 Å². The fourth-order valence-electron chi connectivity index (χ4n) is 3.77. The third-order valence-corrected chi connectivity index (χ3v) is 4.82. The molecule has 3 fully saturated rings. The minimum Gasteiger partial charge on any atom is -0.463 e. The average molecular weight is 236 g/mol. The molecule has 17 heavy (non-hydrogen) atoms. The van der Waals surface area contributed by atoms with Gasteiger partial charge < -0.3 is 9.47 Å². The minimum absolute atomic E-state index is 0.178. The Labute approximate surface area is 102 Å². The lowest BCUT2D eigenvalue weighted by Crippen LogP contribution is -2.32. The molecule has 4 atom stereocenters. The molecule has 0 spiro atoms. The van der Waals surface area contributed by atoms with Crippen molar-refractivity contribution in [3.05, 3.63) is 11.6 Å². The molecule has 3 nitrogen and oxygen atoms in total. The summed E-state index contributed by atoms with van der Waals surface area (Å²) < 4.78 is 10.7. The highest BCUT2D eigenvalue weighted by molar-refractivity contribution is 5.83. The number of epoxide rings is 1. The van der Waals surface area contributed by atoms with Crippen LogP contribution in [-0.4, -0.2) is 24.8 Å². The van der Waals surface area contributed by atoms with Gasteiger partial charge in [0, 0.05) is 6.08 Å². The van der Waals surface area contributed by atoms with E-state index < -0.39 is 0 Å². The van der Waals surface area contributed by atoms with E-state index in [2.05, 4.69) is 6.92 Å². The maximum atomic E-state index is 11.6. The Balaban J connectivity index is 1.80. The van der Waals surface area contributed by atoms with E-state index in [4.69, 9.17) is 9.47 Å². The molecule has 3 aliphatic rings. The maximum absolute atomic E-state index is 11.6. The Morgan fingerprint density at radius 3 is 3.18 bits per heavy atom. The quantitative estimate of drug-likeness (QED) is 0.420. The van der Waals surface area contributed by atoms with Crippen molar-refractivity contribution in [2.45, 2.75) is 51.7 Å². The highest BCUT2D eigenvalue weighted by Crippen LogP contribution is 2.60. The van der Waals surface area contributed by atoms with E-state index in [-0.39, 0.29) is 11.4 Å². The SMILES string of the molecule is CCOC(=O)/C=C1\CC[C@H]2[C@H]3O[C@H]3CC[C@]12C. The second kappa shape index (κ2) is 3.84. The summed E-state index contributed by atoms with van der Waals surface area (Å²) in [6, 6.07) is 0. The smallest absolute Gasteiger partial charge is 0.330 e. The van der Waals surface area contributed by atoms with Gasteiger partial charge in [-0.15, -0.1) is 0 Å². The number of hydrogen-bond acceptors (Lipinski definition) is 3. The monoisotopic (exact) mass is 236 g/mol. The van der Waals surface area contributed by atoms with E-state index in [1.807, 2.05) is 6.92 Å². The van der Waals surface area contributed by atoms with Gasteiger partial charge in [0.25, 0.3) is 0 Å². The summed E-state index contributed by atoms with van der Waals surface area (Å²) in [4.78, 5) is 11.6. The first-order valence-corrected chi connectivity index (χ1v) is 6.68. The summed E-state index contributed by atoms with van der Waals surface area (Å²) in [7, 11) is 0. The van der Waals surface area contributed by atoms with Gasteiger partial charge in [0.05, 0.1) is 18.8 Å². The van der Waals surface area contributed by atoms with Crippen LogP contribution in [-0.2, 0) is 14.3 Å². The number of esters is 1. The van der Waals surface area contributed by atoms with Crippen LogP contribution >= 0.6 is 0 Å². The molecule has 94 valence electrons. The summed E-state index contributed by atoms with van der Waals surface area (Å²) >= 11 is 0. The number of hydrogen-bond donors (Lipinski definition) is 0. The summed E-state index contributed by atoms with van der Waals surface area (Å²) in [5, 5.41) is 0. The number of ether oxygens (including phenoxy) is 2. The lowest BCUT2D eigenvalue weighted by atomic mass is 9.68. The molecule has 1 aliphatic heterocycles. The Hall–Kier alpha value is -0.830. The number of carbonyl (C=O) groups excluding carboxylic acids is 1. The highest BCUT2D eigenvalue weighted by Gasteiger charge is 2.59. The molecular weight excluding hydrogens is 216 g/mol. The van der Waals surface area contributed by atoms with Crippen LogP contribution in [0, 0.1) is 11.3 Å². The number of allylic oxidation sites excluding steroid dienone is 1. The Morgan fingerprint density at radius 1 is 1.59 bits per heavy atom. The normalized spacial score (nSPS) is 45.3. The van der Waals surface area contributed by atoms with Gasteiger partial charge in [0.1, 0.15) is 0 Å². The molecule has 1 heterocycles. The fraction of sp³-hybridized carbons (Fsp3) is 0.786. The van der Waals surface area contributed by atoms with Crippen molar-refractivity contribution < 1.29 is 14.3 Å². The van der Waals surface area contributed by atoms with Crippen LogP contribution in [0.2, 0.25) is 0 Å². The first-order valence-electron chi connectivity index (χ1n) is 6.68. The summed E-state index contributed by atoms with van der Waals surface area (Å²) in [5.74, 6) is 0.449. The van der Waals surface area contributed by atoms with Crippen molar-refractivity contribution in [3.8, 4) is 0 Å². The van der Waals surface area contributed by atoms with Crippen molar-refractivity contribution in [3.63, 3.8) is 0 Å². The van der Waals surface area contributed by atoms with Crippen LogP contribution in [0.1, 0.15) is 39.5 Å². The molecule has 0 N–H and O–H groups in total. The van der Waals surface area contributed by atoms with Crippen LogP contribution in [0.3, 0.4) is 0 Å².